The quantitative estimate of drug-likeness (QED) is 0.697. The van der Waals surface area contributed by atoms with Crippen LogP contribution in [0.4, 0.5) is 0 Å². The lowest BCUT2D eigenvalue weighted by Gasteiger charge is -2.21. The first kappa shape index (κ1) is 10.2. The van der Waals surface area contributed by atoms with Crippen LogP contribution in [0.2, 0.25) is 0 Å². The van der Waals surface area contributed by atoms with Crippen molar-refractivity contribution in [2.24, 2.45) is 0 Å². The van der Waals surface area contributed by atoms with Crippen LogP contribution in [-0.4, -0.2) is 24.8 Å². The molecule has 14 heavy (non-hydrogen) atoms. The van der Waals surface area contributed by atoms with E-state index in [0.29, 0.717) is 18.2 Å². The van der Waals surface area contributed by atoms with E-state index in [1.165, 1.54) is 32.1 Å². The second-order valence-electron chi connectivity index (χ2n) is 4.54. The van der Waals surface area contributed by atoms with E-state index < -0.39 is 0 Å². The molecule has 0 aromatic heterocycles. The summed E-state index contributed by atoms with van der Waals surface area (Å²) >= 11 is 0. The predicted molar refractivity (Wildman–Crippen MR) is 58.4 cm³/mol. The lowest BCUT2D eigenvalue weighted by molar-refractivity contribution is 0.0541. The maximum Gasteiger partial charge on any atom is 0.0704 e. The fraction of sp³-hybridized carbons (Fsp3) is 0.833. The Morgan fingerprint density at radius 3 is 2.86 bits per heavy atom. The van der Waals surface area contributed by atoms with Crippen molar-refractivity contribution in [1.82, 2.24) is 5.32 Å². The monoisotopic (exact) mass is 195 g/mol. The van der Waals surface area contributed by atoms with Crippen LogP contribution in [0.25, 0.3) is 0 Å². The summed E-state index contributed by atoms with van der Waals surface area (Å²) in [5.74, 6) is 0. The van der Waals surface area contributed by atoms with Gasteiger partial charge in [0.1, 0.15) is 0 Å². The van der Waals surface area contributed by atoms with E-state index in [1.807, 2.05) is 0 Å². The molecule has 0 aromatic carbocycles. The number of ether oxygens (including phenoxy) is 1. The molecular weight excluding hydrogens is 174 g/mol. The Labute approximate surface area is 86.7 Å². The molecule has 1 aliphatic heterocycles. The van der Waals surface area contributed by atoms with Crippen molar-refractivity contribution in [3.8, 4) is 0 Å². The Morgan fingerprint density at radius 1 is 1.29 bits per heavy atom. The van der Waals surface area contributed by atoms with Crippen molar-refractivity contribution >= 4 is 0 Å². The van der Waals surface area contributed by atoms with Crippen molar-refractivity contribution in [3.63, 3.8) is 0 Å². The average Bonchev–Trinajstić information content (AvgIpc) is 2.63. The molecule has 2 aliphatic rings. The number of allylic oxidation sites excluding steroid dienone is 1. The second-order valence-corrected chi connectivity index (χ2v) is 4.54. The summed E-state index contributed by atoms with van der Waals surface area (Å²) in [6.07, 6.45) is 11.7. The molecule has 1 N–H and O–H groups in total. The molecule has 0 amide bonds. The van der Waals surface area contributed by atoms with Crippen LogP contribution in [-0.2, 0) is 4.74 Å². The van der Waals surface area contributed by atoms with Gasteiger partial charge in [0.15, 0.2) is 0 Å². The average molecular weight is 195 g/mol. The summed E-state index contributed by atoms with van der Waals surface area (Å²) in [5.41, 5.74) is 0. The molecule has 0 radical (unpaired) electrons. The summed E-state index contributed by atoms with van der Waals surface area (Å²) in [6, 6.07) is 0.694. The van der Waals surface area contributed by atoms with E-state index in [9.17, 15) is 0 Å². The van der Waals surface area contributed by atoms with E-state index in [-0.39, 0.29) is 0 Å². The number of nitrogens with one attached hydrogen (secondary N) is 1. The fourth-order valence-corrected chi connectivity index (χ4v) is 2.31. The summed E-state index contributed by atoms with van der Waals surface area (Å²) in [5, 5.41) is 3.61. The van der Waals surface area contributed by atoms with Crippen molar-refractivity contribution in [3.05, 3.63) is 12.2 Å². The molecule has 3 atom stereocenters. The van der Waals surface area contributed by atoms with Gasteiger partial charge in [-0.1, -0.05) is 12.2 Å². The van der Waals surface area contributed by atoms with Crippen LogP contribution in [0.3, 0.4) is 0 Å². The molecule has 1 saturated heterocycles. The van der Waals surface area contributed by atoms with Crippen LogP contribution in [0.5, 0.6) is 0 Å². The van der Waals surface area contributed by atoms with Crippen LogP contribution in [0.15, 0.2) is 12.2 Å². The third-order valence-electron chi connectivity index (χ3n) is 3.22. The zero-order valence-corrected chi connectivity index (χ0v) is 9.04. The van der Waals surface area contributed by atoms with Crippen LogP contribution in [0.1, 0.15) is 39.0 Å². The van der Waals surface area contributed by atoms with Crippen LogP contribution >= 0.6 is 0 Å². The molecule has 3 unspecified atom stereocenters. The van der Waals surface area contributed by atoms with E-state index >= 15 is 0 Å². The van der Waals surface area contributed by atoms with Crippen molar-refractivity contribution in [2.75, 3.05) is 6.54 Å². The molecule has 0 aromatic rings. The second kappa shape index (κ2) is 4.94. The van der Waals surface area contributed by atoms with Crippen LogP contribution in [0, 0.1) is 0 Å². The third-order valence-corrected chi connectivity index (χ3v) is 3.22. The van der Waals surface area contributed by atoms with Gasteiger partial charge in [0, 0.05) is 12.6 Å². The molecule has 2 rings (SSSR count). The maximum atomic E-state index is 5.77. The summed E-state index contributed by atoms with van der Waals surface area (Å²) in [7, 11) is 0. The van der Waals surface area contributed by atoms with Gasteiger partial charge in [0.2, 0.25) is 0 Å². The third kappa shape index (κ3) is 2.82. The first-order chi connectivity index (χ1) is 6.84. The molecule has 1 aliphatic carbocycles. The molecule has 0 saturated carbocycles. The zero-order valence-electron chi connectivity index (χ0n) is 9.04. The van der Waals surface area contributed by atoms with Crippen LogP contribution < -0.4 is 5.32 Å². The number of rotatable bonds is 3. The van der Waals surface area contributed by atoms with E-state index in [1.54, 1.807) is 0 Å². The Hall–Kier alpha value is -0.340. The van der Waals surface area contributed by atoms with Gasteiger partial charge in [0.05, 0.1) is 12.2 Å². The largest absolute Gasteiger partial charge is 0.374 e. The lowest BCUT2D eigenvalue weighted by atomic mass is 10.0. The smallest absolute Gasteiger partial charge is 0.0704 e. The molecule has 0 bridgehead atoms. The highest BCUT2D eigenvalue weighted by molar-refractivity contribution is 4.93. The van der Waals surface area contributed by atoms with Gasteiger partial charge in [-0.05, 0) is 39.0 Å². The molecule has 0 spiro atoms. The van der Waals surface area contributed by atoms with Gasteiger partial charge in [-0.3, -0.25) is 0 Å². The molecule has 1 heterocycles. The van der Waals surface area contributed by atoms with E-state index in [2.05, 4.69) is 24.4 Å². The van der Waals surface area contributed by atoms with Gasteiger partial charge in [-0.25, -0.2) is 0 Å². The molecule has 2 heteroatoms. The normalized spacial score (nSPS) is 37.6. The first-order valence-electron chi connectivity index (χ1n) is 5.88. The minimum Gasteiger partial charge on any atom is -0.374 e. The van der Waals surface area contributed by atoms with Crippen molar-refractivity contribution < 1.29 is 4.74 Å². The Morgan fingerprint density at radius 2 is 2.21 bits per heavy atom. The molecule has 2 nitrogen and oxygen atoms in total. The van der Waals surface area contributed by atoms with Gasteiger partial charge in [0.25, 0.3) is 0 Å². The Bertz CT molecular complexity index is 202. The molecule has 80 valence electrons. The standard InChI is InChI=1S/C12H21NO/c1-10-7-8-12(14-10)9-13-11-5-3-2-4-6-11/h2-3,10-13H,4-9H2,1H3. The van der Waals surface area contributed by atoms with E-state index in [0.717, 1.165) is 6.54 Å². The zero-order chi connectivity index (χ0) is 9.80. The summed E-state index contributed by atoms with van der Waals surface area (Å²) < 4.78 is 5.77. The lowest BCUT2D eigenvalue weighted by Crippen LogP contribution is -2.36. The summed E-state index contributed by atoms with van der Waals surface area (Å²) in [4.78, 5) is 0. The van der Waals surface area contributed by atoms with Gasteiger partial charge in [-0.2, -0.15) is 0 Å². The molecular formula is C12H21NO. The first-order valence-corrected chi connectivity index (χ1v) is 5.88. The Kier molecular flexibility index (Phi) is 3.60. The van der Waals surface area contributed by atoms with Crippen molar-refractivity contribution in [2.45, 2.75) is 57.3 Å². The predicted octanol–water partition coefficient (Wildman–Crippen LogP) is 2.25. The highest BCUT2D eigenvalue weighted by Crippen LogP contribution is 2.19. The fourth-order valence-electron chi connectivity index (χ4n) is 2.31. The number of hydrogen-bond acceptors (Lipinski definition) is 2. The Balaban J connectivity index is 1.64. The van der Waals surface area contributed by atoms with E-state index in [4.69, 9.17) is 4.74 Å². The SMILES string of the molecule is CC1CCC(CNC2CC=CCC2)O1. The number of hydrogen-bond donors (Lipinski definition) is 1. The highest BCUT2D eigenvalue weighted by atomic mass is 16.5. The van der Waals surface area contributed by atoms with Gasteiger partial charge >= 0.3 is 0 Å². The highest BCUT2D eigenvalue weighted by Gasteiger charge is 2.22. The van der Waals surface area contributed by atoms with Gasteiger partial charge in [-0.15, -0.1) is 0 Å². The minimum atomic E-state index is 0.468. The molecule has 1 fully saturated rings. The topological polar surface area (TPSA) is 21.3 Å². The maximum absolute atomic E-state index is 5.77. The van der Waals surface area contributed by atoms with Crippen molar-refractivity contribution in [1.29, 1.82) is 0 Å². The summed E-state index contributed by atoms with van der Waals surface area (Å²) in [6.45, 7) is 3.21. The minimum absolute atomic E-state index is 0.468. The van der Waals surface area contributed by atoms with Gasteiger partial charge < -0.3 is 10.1 Å².